The highest BCUT2D eigenvalue weighted by Crippen LogP contribution is 2.32. The quantitative estimate of drug-likeness (QED) is 0.594. The maximum Gasteiger partial charge on any atom is 0.407 e. The van der Waals surface area contributed by atoms with Gasteiger partial charge in [0.05, 0.1) is 17.4 Å². The SMILES string of the molecule is NC(c1ccccc1)c1ccc2c(c1)NC(NC(=O)O)N2. The lowest BCUT2D eigenvalue weighted by Crippen LogP contribution is -2.41. The van der Waals surface area contributed by atoms with Crippen molar-refractivity contribution in [3.8, 4) is 0 Å². The Morgan fingerprint density at radius 3 is 2.52 bits per heavy atom. The second-order valence-corrected chi connectivity index (χ2v) is 4.86. The molecule has 0 saturated carbocycles. The van der Waals surface area contributed by atoms with Gasteiger partial charge in [0, 0.05) is 0 Å². The van der Waals surface area contributed by atoms with Gasteiger partial charge in [0.2, 0.25) is 0 Å². The molecule has 6 N–H and O–H groups in total. The van der Waals surface area contributed by atoms with Crippen molar-refractivity contribution >= 4 is 17.5 Å². The minimum atomic E-state index is -1.09. The van der Waals surface area contributed by atoms with E-state index in [-0.39, 0.29) is 6.04 Å². The van der Waals surface area contributed by atoms with Gasteiger partial charge >= 0.3 is 6.09 Å². The van der Waals surface area contributed by atoms with Gasteiger partial charge < -0.3 is 21.5 Å². The Hall–Kier alpha value is -2.73. The van der Waals surface area contributed by atoms with Gasteiger partial charge in [-0.1, -0.05) is 36.4 Å². The molecular weight excluding hydrogens is 268 g/mol. The summed E-state index contributed by atoms with van der Waals surface area (Å²) in [5, 5.41) is 17.1. The lowest BCUT2D eigenvalue weighted by molar-refractivity contribution is 0.192. The van der Waals surface area contributed by atoms with E-state index in [1.165, 1.54) is 0 Å². The number of carbonyl (C=O) groups is 1. The lowest BCUT2D eigenvalue weighted by Gasteiger charge is -2.13. The first-order valence-corrected chi connectivity index (χ1v) is 6.60. The van der Waals surface area contributed by atoms with Gasteiger partial charge in [0.15, 0.2) is 6.29 Å². The van der Waals surface area contributed by atoms with Crippen LogP contribution in [0.25, 0.3) is 0 Å². The zero-order chi connectivity index (χ0) is 14.8. The molecule has 0 fully saturated rings. The van der Waals surface area contributed by atoms with Crippen LogP contribution in [0.1, 0.15) is 17.2 Å². The summed E-state index contributed by atoms with van der Waals surface area (Å²) in [5.41, 5.74) is 9.94. The molecule has 2 aromatic carbocycles. The number of carboxylic acid groups (broad SMARTS) is 1. The molecule has 0 saturated heterocycles. The van der Waals surface area contributed by atoms with Crippen LogP contribution in [0.4, 0.5) is 16.2 Å². The number of anilines is 2. The van der Waals surface area contributed by atoms with Crippen molar-refractivity contribution in [3.05, 3.63) is 59.7 Å². The minimum absolute atomic E-state index is 0.218. The van der Waals surface area contributed by atoms with Gasteiger partial charge in [-0.05, 0) is 23.3 Å². The van der Waals surface area contributed by atoms with Crippen molar-refractivity contribution in [2.24, 2.45) is 5.73 Å². The van der Waals surface area contributed by atoms with Crippen LogP contribution in [-0.2, 0) is 0 Å². The van der Waals surface area contributed by atoms with E-state index in [0.717, 1.165) is 22.5 Å². The second kappa shape index (κ2) is 5.34. The van der Waals surface area contributed by atoms with Crippen molar-refractivity contribution in [1.82, 2.24) is 5.32 Å². The van der Waals surface area contributed by atoms with Crippen LogP contribution in [-0.4, -0.2) is 17.5 Å². The van der Waals surface area contributed by atoms with E-state index in [9.17, 15) is 4.79 Å². The maximum absolute atomic E-state index is 10.7. The zero-order valence-corrected chi connectivity index (χ0v) is 11.2. The summed E-state index contributed by atoms with van der Waals surface area (Å²) >= 11 is 0. The van der Waals surface area contributed by atoms with E-state index in [1.807, 2.05) is 48.5 Å². The molecule has 0 aliphatic carbocycles. The monoisotopic (exact) mass is 284 g/mol. The van der Waals surface area contributed by atoms with E-state index in [4.69, 9.17) is 10.8 Å². The third-order valence-corrected chi connectivity index (χ3v) is 3.43. The Bertz CT molecular complexity index is 660. The van der Waals surface area contributed by atoms with Crippen LogP contribution in [0.15, 0.2) is 48.5 Å². The number of hydrogen-bond donors (Lipinski definition) is 5. The summed E-state index contributed by atoms with van der Waals surface area (Å²) in [6, 6.07) is 15.4. The molecule has 108 valence electrons. The molecule has 2 unspecified atom stereocenters. The van der Waals surface area contributed by atoms with Gasteiger partial charge in [-0.3, -0.25) is 5.32 Å². The van der Waals surface area contributed by atoms with Gasteiger partial charge in [-0.15, -0.1) is 0 Å². The van der Waals surface area contributed by atoms with Gasteiger partial charge in [-0.25, -0.2) is 4.79 Å². The standard InChI is InChI=1S/C15H16N4O2/c16-13(9-4-2-1-3-5-9)10-6-7-11-12(8-10)18-14(17-11)19-15(20)21/h1-8,13-14,17-19H,16H2,(H,20,21). The molecule has 6 nitrogen and oxygen atoms in total. The fourth-order valence-electron chi connectivity index (χ4n) is 2.40. The molecule has 3 rings (SSSR count). The van der Waals surface area contributed by atoms with E-state index in [2.05, 4.69) is 16.0 Å². The van der Waals surface area contributed by atoms with Crippen LogP contribution in [0, 0.1) is 0 Å². The minimum Gasteiger partial charge on any atom is -0.465 e. The molecule has 2 atom stereocenters. The average molecular weight is 284 g/mol. The van der Waals surface area contributed by atoms with Crippen LogP contribution in [0.5, 0.6) is 0 Å². The molecule has 0 spiro atoms. The molecule has 6 heteroatoms. The van der Waals surface area contributed by atoms with E-state index in [1.54, 1.807) is 0 Å². The molecule has 2 aromatic rings. The predicted molar refractivity (Wildman–Crippen MR) is 81.1 cm³/mol. The number of fused-ring (bicyclic) bond motifs is 1. The Morgan fingerprint density at radius 1 is 1.10 bits per heavy atom. The first-order valence-electron chi connectivity index (χ1n) is 6.60. The van der Waals surface area contributed by atoms with Crippen LogP contribution >= 0.6 is 0 Å². The molecule has 1 aliphatic rings. The number of amides is 1. The second-order valence-electron chi connectivity index (χ2n) is 4.86. The lowest BCUT2D eigenvalue weighted by atomic mass is 9.99. The fraction of sp³-hybridized carbons (Fsp3) is 0.133. The van der Waals surface area contributed by atoms with E-state index in [0.29, 0.717) is 0 Å². The molecule has 0 aromatic heterocycles. The van der Waals surface area contributed by atoms with Gasteiger partial charge in [0.25, 0.3) is 0 Å². The van der Waals surface area contributed by atoms with Crippen molar-refractivity contribution in [3.63, 3.8) is 0 Å². The molecule has 1 aliphatic heterocycles. The summed E-state index contributed by atoms with van der Waals surface area (Å²) in [5.74, 6) is 0. The highest BCUT2D eigenvalue weighted by Gasteiger charge is 2.21. The highest BCUT2D eigenvalue weighted by atomic mass is 16.4. The van der Waals surface area contributed by atoms with Crippen LogP contribution in [0.3, 0.4) is 0 Å². The third kappa shape index (κ3) is 2.75. The zero-order valence-electron chi connectivity index (χ0n) is 11.2. The first-order chi connectivity index (χ1) is 10.1. The summed E-state index contributed by atoms with van der Waals surface area (Å²) in [6.45, 7) is 0. The predicted octanol–water partition coefficient (Wildman–Crippen LogP) is 2.12. The first kappa shape index (κ1) is 13.3. The highest BCUT2D eigenvalue weighted by molar-refractivity contribution is 5.77. The number of hydrogen-bond acceptors (Lipinski definition) is 4. The molecular formula is C15H16N4O2. The summed E-state index contributed by atoms with van der Waals surface area (Å²) in [6.07, 6.45) is -1.62. The van der Waals surface area contributed by atoms with Crippen molar-refractivity contribution < 1.29 is 9.90 Å². The Morgan fingerprint density at radius 2 is 1.81 bits per heavy atom. The topological polar surface area (TPSA) is 99.4 Å². The average Bonchev–Trinajstić information content (AvgIpc) is 2.87. The fourth-order valence-corrected chi connectivity index (χ4v) is 2.40. The van der Waals surface area contributed by atoms with E-state index < -0.39 is 12.4 Å². The number of rotatable bonds is 3. The van der Waals surface area contributed by atoms with Crippen molar-refractivity contribution in [2.45, 2.75) is 12.3 Å². The molecule has 1 heterocycles. The Labute approximate surface area is 122 Å². The van der Waals surface area contributed by atoms with Gasteiger partial charge in [-0.2, -0.15) is 0 Å². The normalized spacial score (nSPS) is 17.3. The Balaban J connectivity index is 1.81. The third-order valence-electron chi connectivity index (χ3n) is 3.43. The number of nitrogens with one attached hydrogen (secondary N) is 3. The molecule has 1 amide bonds. The summed E-state index contributed by atoms with van der Waals surface area (Å²) in [4.78, 5) is 10.7. The van der Waals surface area contributed by atoms with Gasteiger partial charge in [0.1, 0.15) is 0 Å². The number of nitrogens with two attached hydrogens (primary N) is 1. The van der Waals surface area contributed by atoms with Crippen LogP contribution in [0.2, 0.25) is 0 Å². The molecule has 0 bridgehead atoms. The van der Waals surface area contributed by atoms with E-state index >= 15 is 0 Å². The Kier molecular flexibility index (Phi) is 3.37. The van der Waals surface area contributed by atoms with Crippen LogP contribution < -0.4 is 21.7 Å². The van der Waals surface area contributed by atoms with Crippen molar-refractivity contribution in [1.29, 1.82) is 0 Å². The number of benzene rings is 2. The smallest absolute Gasteiger partial charge is 0.407 e. The summed E-state index contributed by atoms with van der Waals surface area (Å²) in [7, 11) is 0. The molecule has 0 radical (unpaired) electrons. The summed E-state index contributed by atoms with van der Waals surface area (Å²) < 4.78 is 0. The largest absolute Gasteiger partial charge is 0.465 e. The molecule has 21 heavy (non-hydrogen) atoms. The maximum atomic E-state index is 10.7. The van der Waals surface area contributed by atoms with Crippen molar-refractivity contribution in [2.75, 3.05) is 10.6 Å².